The van der Waals surface area contributed by atoms with Crippen LogP contribution in [0.15, 0.2) is 18.2 Å². The number of ketones is 1. The minimum Gasteiger partial charge on any atom is -0.383 e. The zero-order valence-electron chi connectivity index (χ0n) is 8.87. The van der Waals surface area contributed by atoms with Crippen molar-refractivity contribution < 1.29 is 13.9 Å². The van der Waals surface area contributed by atoms with Crippen molar-refractivity contribution in [2.24, 2.45) is 5.73 Å². The summed E-state index contributed by atoms with van der Waals surface area (Å²) in [6.45, 7) is 0.145. The molecular weight excluding hydrogens is 233 g/mol. The van der Waals surface area contributed by atoms with Gasteiger partial charge >= 0.3 is 0 Å². The first-order valence-electron chi connectivity index (χ1n) is 4.76. The molecule has 0 aliphatic carbocycles. The summed E-state index contributed by atoms with van der Waals surface area (Å²) in [5, 5.41) is -0.0273. The number of hydrogen-bond donors (Lipinski definition) is 1. The Balaban J connectivity index is 2.73. The molecule has 1 unspecified atom stereocenters. The largest absolute Gasteiger partial charge is 0.383 e. The predicted octanol–water partition coefficient (Wildman–Crippen LogP) is 1.56. The lowest BCUT2D eigenvalue weighted by Crippen LogP contribution is -2.36. The van der Waals surface area contributed by atoms with Gasteiger partial charge in [-0.05, 0) is 11.6 Å². The predicted molar refractivity (Wildman–Crippen MR) is 60.0 cm³/mol. The molecule has 0 radical (unpaired) electrons. The van der Waals surface area contributed by atoms with Gasteiger partial charge in [0.15, 0.2) is 5.78 Å². The molecular formula is C11H13ClFNO2. The molecule has 2 N–H and O–H groups in total. The fraction of sp³-hybridized carbons (Fsp3) is 0.364. The fourth-order valence-electron chi connectivity index (χ4n) is 1.28. The SMILES string of the molecule is COCC(N)C(=O)Cc1cccc(F)c1Cl. The number of carbonyl (C=O) groups excluding carboxylic acids is 1. The Morgan fingerprint density at radius 2 is 2.31 bits per heavy atom. The highest BCUT2D eigenvalue weighted by Crippen LogP contribution is 2.20. The second-order valence-electron chi connectivity index (χ2n) is 3.42. The van der Waals surface area contributed by atoms with E-state index in [-0.39, 0.29) is 23.8 Å². The number of halogens is 2. The monoisotopic (exact) mass is 245 g/mol. The van der Waals surface area contributed by atoms with Crippen molar-refractivity contribution in [1.29, 1.82) is 0 Å². The molecule has 88 valence electrons. The van der Waals surface area contributed by atoms with Gasteiger partial charge in [-0.3, -0.25) is 4.79 Å². The summed E-state index contributed by atoms with van der Waals surface area (Å²) in [6, 6.07) is 3.64. The Morgan fingerprint density at radius 3 is 2.94 bits per heavy atom. The summed E-state index contributed by atoms with van der Waals surface area (Å²) in [7, 11) is 1.46. The van der Waals surface area contributed by atoms with Crippen molar-refractivity contribution >= 4 is 17.4 Å². The van der Waals surface area contributed by atoms with Crippen LogP contribution in [-0.4, -0.2) is 25.5 Å². The third-order valence-electron chi connectivity index (χ3n) is 2.16. The van der Waals surface area contributed by atoms with E-state index in [1.54, 1.807) is 6.07 Å². The van der Waals surface area contributed by atoms with Crippen molar-refractivity contribution in [1.82, 2.24) is 0 Å². The average molecular weight is 246 g/mol. The Labute approximate surface area is 98.3 Å². The van der Waals surface area contributed by atoms with Crippen LogP contribution >= 0.6 is 11.6 Å². The molecule has 16 heavy (non-hydrogen) atoms. The second-order valence-corrected chi connectivity index (χ2v) is 3.80. The molecule has 5 heteroatoms. The van der Waals surface area contributed by atoms with Crippen molar-refractivity contribution in [2.75, 3.05) is 13.7 Å². The minimum absolute atomic E-state index is 0.0150. The molecule has 0 aromatic heterocycles. The van der Waals surface area contributed by atoms with Gasteiger partial charge in [0.1, 0.15) is 5.82 Å². The van der Waals surface area contributed by atoms with E-state index in [1.165, 1.54) is 19.2 Å². The molecule has 0 fully saturated rings. The van der Waals surface area contributed by atoms with Gasteiger partial charge in [-0.25, -0.2) is 4.39 Å². The normalized spacial score (nSPS) is 12.5. The minimum atomic E-state index is -0.704. The van der Waals surface area contributed by atoms with Crippen LogP contribution in [0, 0.1) is 5.82 Å². The summed E-state index contributed by atoms with van der Waals surface area (Å²) >= 11 is 5.72. The number of rotatable bonds is 5. The second kappa shape index (κ2) is 5.94. The highest BCUT2D eigenvalue weighted by Gasteiger charge is 2.16. The maximum absolute atomic E-state index is 13.1. The third-order valence-corrected chi connectivity index (χ3v) is 2.58. The number of ether oxygens (including phenoxy) is 1. The first-order chi connectivity index (χ1) is 7.56. The maximum atomic E-state index is 13.1. The van der Waals surface area contributed by atoms with Crippen molar-refractivity contribution in [3.05, 3.63) is 34.6 Å². The molecule has 1 rings (SSSR count). The van der Waals surface area contributed by atoms with Gasteiger partial charge in [-0.15, -0.1) is 0 Å². The third kappa shape index (κ3) is 3.27. The number of benzene rings is 1. The van der Waals surface area contributed by atoms with Gasteiger partial charge in [0, 0.05) is 13.5 Å². The Bertz CT molecular complexity index is 384. The van der Waals surface area contributed by atoms with E-state index in [1.807, 2.05) is 0 Å². The zero-order chi connectivity index (χ0) is 12.1. The van der Waals surface area contributed by atoms with Crippen molar-refractivity contribution in [3.63, 3.8) is 0 Å². The van der Waals surface area contributed by atoms with E-state index in [0.717, 1.165) is 0 Å². The average Bonchev–Trinajstić information content (AvgIpc) is 2.25. The van der Waals surface area contributed by atoms with E-state index < -0.39 is 11.9 Å². The summed E-state index contributed by atoms with van der Waals surface area (Å²) in [4.78, 5) is 11.6. The van der Waals surface area contributed by atoms with Crippen LogP contribution in [0.3, 0.4) is 0 Å². The van der Waals surface area contributed by atoms with E-state index in [9.17, 15) is 9.18 Å². The lowest BCUT2D eigenvalue weighted by molar-refractivity contribution is -0.120. The first kappa shape index (κ1) is 13.1. The van der Waals surface area contributed by atoms with Gasteiger partial charge in [-0.2, -0.15) is 0 Å². The van der Waals surface area contributed by atoms with Crippen LogP contribution in [0.5, 0.6) is 0 Å². The molecule has 0 bridgehead atoms. The summed E-state index contributed by atoms with van der Waals surface area (Å²) < 4.78 is 17.8. The molecule has 0 aliphatic rings. The summed E-state index contributed by atoms with van der Waals surface area (Å²) in [5.74, 6) is -0.762. The van der Waals surface area contributed by atoms with Gasteiger partial charge in [0.2, 0.25) is 0 Å². The molecule has 0 saturated heterocycles. The lowest BCUT2D eigenvalue weighted by Gasteiger charge is -2.10. The molecule has 0 heterocycles. The van der Waals surface area contributed by atoms with Crippen LogP contribution in [-0.2, 0) is 16.0 Å². The molecule has 3 nitrogen and oxygen atoms in total. The Morgan fingerprint density at radius 1 is 1.62 bits per heavy atom. The van der Waals surface area contributed by atoms with Crippen LogP contribution in [0.2, 0.25) is 5.02 Å². The molecule has 0 saturated carbocycles. The number of nitrogens with two attached hydrogens (primary N) is 1. The number of methoxy groups -OCH3 is 1. The van der Waals surface area contributed by atoms with Crippen molar-refractivity contribution in [3.8, 4) is 0 Å². The highest BCUT2D eigenvalue weighted by molar-refractivity contribution is 6.31. The molecule has 1 aromatic carbocycles. The summed E-state index contributed by atoms with van der Waals surface area (Å²) in [6.07, 6.45) is 0.0150. The molecule has 1 aromatic rings. The Hall–Kier alpha value is -0.970. The number of carbonyl (C=O) groups is 1. The van der Waals surface area contributed by atoms with Crippen LogP contribution in [0.25, 0.3) is 0 Å². The van der Waals surface area contributed by atoms with E-state index in [4.69, 9.17) is 22.1 Å². The number of Topliss-reactive ketones (excluding diaryl/α,β-unsaturated/α-hetero) is 1. The van der Waals surface area contributed by atoms with Gasteiger partial charge in [0.05, 0.1) is 17.7 Å². The highest BCUT2D eigenvalue weighted by atomic mass is 35.5. The van der Waals surface area contributed by atoms with Crippen LogP contribution in [0.4, 0.5) is 4.39 Å². The quantitative estimate of drug-likeness (QED) is 0.857. The van der Waals surface area contributed by atoms with E-state index >= 15 is 0 Å². The maximum Gasteiger partial charge on any atom is 0.156 e. The van der Waals surface area contributed by atoms with Crippen LogP contribution < -0.4 is 5.73 Å². The smallest absolute Gasteiger partial charge is 0.156 e. The van der Waals surface area contributed by atoms with Crippen molar-refractivity contribution in [2.45, 2.75) is 12.5 Å². The summed E-state index contributed by atoms with van der Waals surface area (Å²) in [5.41, 5.74) is 6.00. The van der Waals surface area contributed by atoms with Gasteiger partial charge < -0.3 is 10.5 Å². The molecule has 0 aliphatic heterocycles. The standard InChI is InChI=1S/C11H13ClFNO2/c1-16-6-9(14)10(15)5-7-3-2-4-8(13)11(7)12/h2-4,9H,5-6,14H2,1H3. The fourth-order valence-corrected chi connectivity index (χ4v) is 1.47. The number of hydrogen-bond acceptors (Lipinski definition) is 3. The lowest BCUT2D eigenvalue weighted by atomic mass is 10.0. The van der Waals surface area contributed by atoms with E-state index in [2.05, 4.69) is 0 Å². The molecule has 0 spiro atoms. The van der Waals surface area contributed by atoms with Gasteiger partial charge in [0.25, 0.3) is 0 Å². The topological polar surface area (TPSA) is 52.3 Å². The van der Waals surface area contributed by atoms with E-state index in [0.29, 0.717) is 5.56 Å². The first-order valence-corrected chi connectivity index (χ1v) is 5.14. The van der Waals surface area contributed by atoms with Crippen LogP contribution in [0.1, 0.15) is 5.56 Å². The Kier molecular flexibility index (Phi) is 4.86. The van der Waals surface area contributed by atoms with Gasteiger partial charge in [-0.1, -0.05) is 23.7 Å². The molecule has 1 atom stereocenters. The zero-order valence-corrected chi connectivity index (χ0v) is 9.63. The molecule has 0 amide bonds.